The number of nitrogens with zero attached hydrogens (tertiary/aromatic N) is 2. The molecule has 0 aliphatic rings. The third-order valence-corrected chi connectivity index (χ3v) is 5.76. The maximum Gasteiger partial charge on any atom is 0.269 e. The van der Waals surface area contributed by atoms with Crippen LogP contribution in [-0.2, 0) is 6.54 Å². The Hall–Kier alpha value is -3.71. The summed E-state index contributed by atoms with van der Waals surface area (Å²) < 4.78 is 13.5. The molecular formula is C25H17BrN2O4. The van der Waals surface area contributed by atoms with Crippen molar-refractivity contribution in [2.45, 2.75) is 6.54 Å². The number of ether oxygens (including phenoxy) is 1. The second-order valence-electron chi connectivity index (χ2n) is 7.30. The van der Waals surface area contributed by atoms with Crippen molar-refractivity contribution in [1.82, 2.24) is 9.55 Å². The fourth-order valence-corrected chi connectivity index (χ4v) is 4.10. The lowest BCUT2D eigenvalue weighted by molar-refractivity contribution is 0.414. The van der Waals surface area contributed by atoms with Crippen molar-refractivity contribution in [3.8, 4) is 17.1 Å². The number of hydrogen-bond donors (Lipinski definition) is 0. The molecule has 0 spiro atoms. The van der Waals surface area contributed by atoms with Gasteiger partial charge in [-0.25, -0.2) is 0 Å². The van der Waals surface area contributed by atoms with E-state index in [2.05, 4.69) is 20.9 Å². The van der Waals surface area contributed by atoms with Crippen molar-refractivity contribution in [2.24, 2.45) is 0 Å². The Labute approximate surface area is 190 Å². The molecule has 0 atom stereocenters. The molecule has 0 unspecified atom stereocenters. The predicted molar refractivity (Wildman–Crippen MR) is 127 cm³/mol. The Bertz CT molecular complexity index is 1590. The van der Waals surface area contributed by atoms with Crippen molar-refractivity contribution in [2.75, 3.05) is 7.11 Å². The normalized spacial score (nSPS) is 11.2. The summed E-state index contributed by atoms with van der Waals surface area (Å²) >= 11 is 3.48. The van der Waals surface area contributed by atoms with Crippen LogP contribution in [0.1, 0.15) is 5.56 Å². The molecule has 0 fully saturated rings. The third kappa shape index (κ3) is 3.50. The number of methoxy groups -OCH3 is 1. The fourth-order valence-electron chi connectivity index (χ4n) is 3.70. The second-order valence-corrected chi connectivity index (χ2v) is 8.21. The van der Waals surface area contributed by atoms with Crippen LogP contribution in [0.15, 0.2) is 91.3 Å². The van der Waals surface area contributed by atoms with E-state index in [0.29, 0.717) is 22.5 Å². The van der Waals surface area contributed by atoms with Crippen molar-refractivity contribution < 1.29 is 9.15 Å². The molecule has 0 bridgehead atoms. The molecule has 5 rings (SSSR count). The molecule has 0 saturated heterocycles. The van der Waals surface area contributed by atoms with Gasteiger partial charge in [-0.3, -0.25) is 14.2 Å². The number of hydrogen-bond acceptors (Lipinski definition) is 5. The molecule has 6 nitrogen and oxygen atoms in total. The number of benzene rings is 3. The molecule has 32 heavy (non-hydrogen) atoms. The molecular weight excluding hydrogens is 472 g/mol. The van der Waals surface area contributed by atoms with Gasteiger partial charge in [0.2, 0.25) is 11.1 Å². The van der Waals surface area contributed by atoms with Gasteiger partial charge in [0.1, 0.15) is 17.2 Å². The van der Waals surface area contributed by atoms with Gasteiger partial charge in [0, 0.05) is 16.1 Å². The maximum atomic E-state index is 13.6. The summed E-state index contributed by atoms with van der Waals surface area (Å²) in [6, 6.07) is 22.0. The molecule has 5 aromatic rings. The second kappa shape index (κ2) is 8.09. The molecule has 3 aromatic carbocycles. The lowest BCUT2D eigenvalue weighted by atomic mass is 10.1. The van der Waals surface area contributed by atoms with Gasteiger partial charge in [0.25, 0.3) is 5.56 Å². The molecule has 7 heteroatoms. The lowest BCUT2D eigenvalue weighted by Gasteiger charge is -2.14. The van der Waals surface area contributed by atoms with Crippen molar-refractivity contribution in [1.29, 1.82) is 0 Å². The Morgan fingerprint density at radius 3 is 2.56 bits per heavy atom. The van der Waals surface area contributed by atoms with E-state index in [0.717, 1.165) is 15.6 Å². The summed E-state index contributed by atoms with van der Waals surface area (Å²) in [4.78, 5) is 31.5. The number of aromatic nitrogens is 2. The van der Waals surface area contributed by atoms with Crippen LogP contribution in [-0.4, -0.2) is 16.7 Å². The summed E-state index contributed by atoms with van der Waals surface area (Å²) in [5.74, 6) is 0.961. The van der Waals surface area contributed by atoms with Gasteiger partial charge in [0.15, 0.2) is 5.39 Å². The first-order valence-electron chi connectivity index (χ1n) is 9.90. The van der Waals surface area contributed by atoms with Crippen LogP contribution in [0, 0.1) is 0 Å². The molecule has 158 valence electrons. The Morgan fingerprint density at radius 1 is 1.00 bits per heavy atom. The van der Waals surface area contributed by atoms with Gasteiger partial charge < -0.3 is 9.15 Å². The Balaban J connectivity index is 1.86. The van der Waals surface area contributed by atoms with Gasteiger partial charge >= 0.3 is 0 Å². The largest absolute Gasteiger partial charge is 0.497 e. The highest BCUT2D eigenvalue weighted by Gasteiger charge is 2.19. The van der Waals surface area contributed by atoms with E-state index in [1.165, 1.54) is 11.7 Å². The van der Waals surface area contributed by atoms with Crippen LogP contribution < -0.4 is 15.7 Å². The minimum absolute atomic E-state index is 0.0000373. The smallest absolute Gasteiger partial charge is 0.269 e. The summed E-state index contributed by atoms with van der Waals surface area (Å²) in [6.45, 7) is 0.268. The monoisotopic (exact) mass is 488 g/mol. The van der Waals surface area contributed by atoms with E-state index in [9.17, 15) is 9.59 Å². The molecule has 2 aromatic heterocycles. The standard InChI is InChI=1S/C25H17BrN2O4/c1-31-18-10-11-19-20(13-18)32-24-21(22(19)29)25(30)28(14-15-6-3-2-4-7-15)23(27-24)16-8-5-9-17(26)12-16/h2-13H,14H2,1H3. The molecule has 0 amide bonds. The first-order chi connectivity index (χ1) is 15.5. The number of halogens is 1. The van der Waals surface area contributed by atoms with Crippen LogP contribution in [0.5, 0.6) is 5.75 Å². The quantitative estimate of drug-likeness (QED) is 0.333. The average Bonchev–Trinajstić information content (AvgIpc) is 2.81. The van der Waals surface area contributed by atoms with Crippen molar-refractivity contribution >= 4 is 38.0 Å². The molecule has 0 saturated carbocycles. The first kappa shape index (κ1) is 20.2. The fraction of sp³-hybridized carbons (Fsp3) is 0.0800. The first-order valence-corrected chi connectivity index (χ1v) is 10.7. The zero-order valence-corrected chi connectivity index (χ0v) is 18.6. The summed E-state index contributed by atoms with van der Waals surface area (Å²) in [7, 11) is 1.53. The van der Waals surface area contributed by atoms with Gasteiger partial charge in [-0.05, 0) is 29.8 Å². The molecule has 0 radical (unpaired) electrons. The third-order valence-electron chi connectivity index (χ3n) is 5.27. The summed E-state index contributed by atoms with van der Waals surface area (Å²) in [5.41, 5.74) is 1.10. The number of rotatable bonds is 4. The van der Waals surface area contributed by atoms with E-state index in [-0.39, 0.29) is 17.6 Å². The zero-order chi connectivity index (χ0) is 22.2. The lowest BCUT2D eigenvalue weighted by Crippen LogP contribution is -2.28. The molecule has 0 aliphatic heterocycles. The molecule has 2 heterocycles. The maximum absolute atomic E-state index is 13.6. The van der Waals surface area contributed by atoms with Crippen LogP contribution in [0.3, 0.4) is 0 Å². The summed E-state index contributed by atoms with van der Waals surface area (Å²) in [5, 5.41) is 0.232. The topological polar surface area (TPSA) is 74.3 Å². The van der Waals surface area contributed by atoms with E-state index < -0.39 is 11.0 Å². The Kier molecular flexibility index (Phi) is 5.11. The van der Waals surface area contributed by atoms with Gasteiger partial charge in [0.05, 0.1) is 19.0 Å². The average molecular weight is 489 g/mol. The van der Waals surface area contributed by atoms with Crippen LogP contribution >= 0.6 is 15.9 Å². The SMILES string of the molecule is COc1ccc2c(=O)c3c(=O)n(Cc4ccccc4)c(-c4cccc(Br)c4)nc3oc2c1. The predicted octanol–water partition coefficient (Wildman–Crippen LogP) is 4.99. The zero-order valence-electron chi connectivity index (χ0n) is 17.0. The van der Waals surface area contributed by atoms with E-state index in [1.807, 2.05) is 54.6 Å². The highest BCUT2D eigenvalue weighted by atomic mass is 79.9. The van der Waals surface area contributed by atoms with Crippen LogP contribution in [0.4, 0.5) is 0 Å². The minimum Gasteiger partial charge on any atom is -0.497 e. The summed E-state index contributed by atoms with van der Waals surface area (Å²) in [6.07, 6.45) is 0. The van der Waals surface area contributed by atoms with Gasteiger partial charge in [-0.1, -0.05) is 58.4 Å². The van der Waals surface area contributed by atoms with Crippen LogP contribution in [0.2, 0.25) is 0 Å². The Morgan fingerprint density at radius 2 is 1.81 bits per heavy atom. The molecule has 0 N–H and O–H groups in total. The van der Waals surface area contributed by atoms with Crippen molar-refractivity contribution in [3.63, 3.8) is 0 Å². The van der Waals surface area contributed by atoms with E-state index >= 15 is 0 Å². The van der Waals surface area contributed by atoms with Crippen molar-refractivity contribution in [3.05, 3.63) is 103 Å². The minimum atomic E-state index is -0.444. The van der Waals surface area contributed by atoms with Gasteiger partial charge in [-0.15, -0.1) is 0 Å². The van der Waals surface area contributed by atoms with Gasteiger partial charge in [-0.2, -0.15) is 4.98 Å². The number of fused-ring (bicyclic) bond motifs is 2. The molecule has 0 aliphatic carbocycles. The highest BCUT2D eigenvalue weighted by molar-refractivity contribution is 9.10. The van der Waals surface area contributed by atoms with E-state index in [4.69, 9.17) is 9.15 Å². The van der Waals surface area contributed by atoms with Crippen LogP contribution in [0.25, 0.3) is 33.5 Å². The van der Waals surface area contributed by atoms with E-state index in [1.54, 1.807) is 18.2 Å². The highest BCUT2D eigenvalue weighted by Crippen LogP contribution is 2.25.